The molecule has 1 aliphatic heterocycles. The highest BCUT2D eigenvalue weighted by Crippen LogP contribution is 2.11. The van der Waals surface area contributed by atoms with Crippen LogP contribution in [0.15, 0.2) is 0 Å². The molecule has 0 aliphatic carbocycles. The van der Waals surface area contributed by atoms with Crippen LogP contribution in [0, 0.1) is 0 Å². The maximum absolute atomic E-state index is 8.97. The molecular formula is C8H18N2O. The normalized spacial score (nSPS) is 21.8. The Kier molecular flexibility index (Phi) is 2.52. The van der Waals surface area contributed by atoms with Crippen molar-refractivity contribution in [3.63, 3.8) is 0 Å². The first-order valence-electron chi connectivity index (χ1n) is 4.17. The molecule has 3 N–H and O–H groups in total. The fourth-order valence-corrected chi connectivity index (χ4v) is 1.17. The van der Waals surface area contributed by atoms with Crippen LogP contribution in [0.25, 0.3) is 0 Å². The highest BCUT2D eigenvalue weighted by Gasteiger charge is 2.25. The summed E-state index contributed by atoms with van der Waals surface area (Å²) in [5.74, 6) is 0. The summed E-state index contributed by atoms with van der Waals surface area (Å²) in [5.41, 5.74) is 5.74. The van der Waals surface area contributed by atoms with Crippen molar-refractivity contribution < 1.29 is 5.11 Å². The van der Waals surface area contributed by atoms with E-state index in [4.69, 9.17) is 10.8 Å². The van der Waals surface area contributed by atoms with Crippen LogP contribution >= 0.6 is 0 Å². The number of aliphatic hydroxyl groups excluding tert-OH is 1. The fraction of sp³-hybridized carbons (Fsp3) is 1.00. The van der Waals surface area contributed by atoms with Crippen molar-refractivity contribution >= 4 is 0 Å². The van der Waals surface area contributed by atoms with Gasteiger partial charge in [0.25, 0.3) is 0 Å². The molecule has 1 rings (SSSR count). The highest BCUT2D eigenvalue weighted by molar-refractivity contribution is 4.81. The van der Waals surface area contributed by atoms with E-state index in [2.05, 4.69) is 4.90 Å². The van der Waals surface area contributed by atoms with Crippen LogP contribution in [0.4, 0.5) is 0 Å². The van der Waals surface area contributed by atoms with Crippen molar-refractivity contribution in [2.45, 2.75) is 31.9 Å². The number of rotatable bonds is 3. The third-order valence-corrected chi connectivity index (χ3v) is 2.01. The molecule has 1 aliphatic rings. The largest absolute Gasteiger partial charge is 0.390 e. The maximum Gasteiger partial charge on any atom is 0.0793 e. The lowest BCUT2D eigenvalue weighted by Gasteiger charge is -2.37. The van der Waals surface area contributed by atoms with Gasteiger partial charge in [0, 0.05) is 25.2 Å². The van der Waals surface area contributed by atoms with E-state index < -0.39 is 0 Å². The summed E-state index contributed by atoms with van der Waals surface area (Å²) in [4.78, 5) is 2.22. The van der Waals surface area contributed by atoms with Gasteiger partial charge in [0.15, 0.2) is 0 Å². The Morgan fingerprint density at radius 2 is 2.09 bits per heavy atom. The van der Waals surface area contributed by atoms with Crippen molar-refractivity contribution in [3.8, 4) is 0 Å². The second-order valence-corrected chi connectivity index (χ2v) is 4.15. The molecule has 0 aromatic carbocycles. The van der Waals surface area contributed by atoms with Crippen LogP contribution < -0.4 is 5.73 Å². The quantitative estimate of drug-likeness (QED) is 0.597. The van der Waals surface area contributed by atoms with Crippen molar-refractivity contribution in [1.82, 2.24) is 4.90 Å². The van der Waals surface area contributed by atoms with Crippen LogP contribution in [-0.2, 0) is 0 Å². The molecule has 0 spiro atoms. The lowest BCUT2D eigenvalue weighted by atomic mass is 10.0. The first kappa shape index (κ1) is 8.97. The van der Waals surface area contributed by atoms with Gasteiger partial charge in [-0.1, -0.05) is 0 Å². The molecule has 0 aromatic rings. The number of likely N-dealkylation sites (tertiary alicyclic amines) is 1. The number of β-amino-alcohol motifs (C(OH)–C–C–N with tert-alkyl or cyclic N) is 1. The van der Waals surface area contributed by atoms with E-state index in [0.717, 1.165) is 26.1 Å². The van der Waals surface area contributed by atoms with E-state index in [9.17, 15) is 0 Å². The SMILES string of the molecule is CC(C)(N)CCN1CC(O)C1. The van der Waals surface area contributed by atoms with Gasteiger partial charge in [-0.3, -0.25) is 4.90 Å². The number of nitrogens with zero attached hydrogens (tertiary/aromatic N) is 1. The number of nitrogens with two attached hydrogens (primary N) is 1. The summed E-state index contributed by atoms with van der Waals surface area (Å²) in [6.07, 6.45) is 0.913. The van der Waals surface area contributed by atoms with Gasteiger partial charge in [0.2, 0.25) is 0 Å². The van der Waals surface area contributed by atoms with Gasteiger partial charge in [-0.2, -0.15) is 0 Å². The average Bonchev–Trinajstić information content (AvgIpc) is 1.75. The predicted molar refractivity (Wildman–Crippen MR) is 45.3 cm³/mol. The lowest BCUT2D eigenvalue weighted by Crippen LogP contribution is -2.52. The summed E-state index contributed by atoms with van der Waals surface area (Å²) in [6, 6.07) is 0. The number of hydrogen-bond acceptors (Lipinski definition) is 3. The van der Waals surface area contributed by atoms with E-state index in [1.54, 1.807) is 0 Å². The van der Waals surface area contributed by atoms with Crippen LogP contribution in [0.1, 0.15) is 20.3 Å². The van der Waals surface area contributed by atoms with E-state index in [1.165, 1.54) is 0 Å². The minimum atomic E-state index is -0.0871. The zero-order valence-electron chi connectivity index (χ0n) is 7.38. The zero-order chi connectivity index (χ0) is 8.48. The predicted octanol–water partition coefficient (Wildman–Crippen LogP) is -0.210. The van der Waals surface area contributed by atoms with Crippen molar-refractivity contribution in [2.75, 3.05) is 19.6 Å². The standard InChI is InChI=1S/C8H18N2O/c1-8(2,9)3-4-10-5-7(11)6-10/h7,11H,3-6,9H2,1-2H3. The zero-order valence-corrected chi connectivity index (χ0v) is 7.38. The van der Waals surface area contributed by atoms with Crippen molar-refractivity contribution in [1.29, 1.82) is 0 Å². The molecule has 11 heavy (non-hydrogen) atoms. The second kappa shape index (κ2) is 3.09. The smallest absolute Gasteiger partial charge is 0.0793 e. The second-order valence-electron chi connectivity index (χ2n) is 4.15. The fourth-order valence-electron chi connectivity index (χ4n) is 1.17. The van der Waals surface area contributed by atoms with E-state index in [0.29, 0.717) is 0 Å². The average molecular weight is 158 g/mol. The van der Waals surface area contributed by atoms with Crippen LogP contribution in [0.2, 0.25) is 0 Å². The Balaban J connectivity index is 2.05. The minimum absolute atomic E-state index is 0.0689. The molecule has 1 saturated heterocycles. The molecule has 0 atom stereocenters. The van der Waals surface area contributed by atoms with Gasteiger partial charge in [-0.05, 0) is 20.3 Å². The third kappa shape index (κ3) is 3.18. The molecule has 0 amide bonds. The minimum Gasteiger partial charge on any atom is -0.390 e. The molecule has 0 radical (unpaired) electrons. The molecule has 1 fully saturated rings. The highest BCUT2D eigenvalue weighted by atomic mass is 16.3. The maximum atomic E-state index is 8.97. The van der Waals surface area contributed by atoms with Gasteiger partial charge < -0.3 is 10.8 Å². The van der Waals surface area contributed by atoms with Gasteiger partial charge in [0.1, 0.15) is 0 Å². The van der Waals surface area contributed by atoms with Gasteiger partial charge in [0.05, 0.1) is 6.10 Å². The van der Waals surface area contributed by atoms with Crippen molar-refractivity contribution in [3.05, 3.63) is 0 Å². The first-order chi connectivity index (χ1) is 4.97. The van der Waals surface area contributed by atoms with Gasteiger partial charge >= 0.3 is 0 Å². The number of aliphatic hydroxyl groups is 1. The van der Waals surface area contributed by atoms with Crippen LogP contribution in [0.3, 0.4) is 0 Å². The Labute approximate surface area is 68.2 Å². The Hall–Kier alpha value is -0.120. The Morgan fingerprint density at radius 3 is 2.45 bits per heavy atom. The Morgan fingerprint density at radius 1 is 1.55 bits per heavy atom. The van der Waals surface area contributed by atoms with Crippen LogP contribution in [0.5, 0.6) is 0 Å². The van der Waals surface area contributed by atoms with E-state index >= 15 is 0 Å². The monoisotopic (exact) mass is 158 g/mol. The summed E-state index contributed by atoms with van der Waals surface area (Å²) in [7, 11) is 0. The summed E-state index contributed by atoms with van der Waals surface area (Å²) >= 11 is 0. The molecule has 0 bridgehead atoms. The summed E-state index contributed by atoms with van der Waals surface area (Å²) in [5, 5.41) is 8.97. The summed E-state index contributed by atoms with van der Waals surface area (Å²) in [6.45, 7) is 6.74. The van der Waals surface area contributed by atoms with Crippen molar-refractivity contribution in [2.24, 2.45) is 5.73 Å². The Bertz CT molecular complexity index is 125. The van der Waals surface area contributed by atoms with Gasteiger partial charge in [-0.25, -0.2) is 0 Å². The molecule has 3 nitrogen and oxygen atoms in total. The van der Waals surface area contributed by atoms with Gasteiger partial charge in [-0.15, -0.1) is 0 Å². The molecular weight excluding hydrogens is 140 g/mol. The van der Waals surface area contributed by atoms with Crippen LogP contribution in [-0.4, -0.2) is 41.3 Å². The van der Waals surface area contributed by atoms with E-state index in [-0.39, 0.29) is 11.6 Å². The molecule has 0 saturated carbocycles. The third-order valence-electron chi connectivity index (χ3n) is 2.01. The lowest BCUT2D eigenvalue weighted by molar-refractivity contribution is -0.000745. The molecule has 1 heterocycles. The molecule has 0 unspecified atom stereocenters. The molecule has 0 aromatic heterocycles. The first-order valence-corrected chi connectivity index (χ1v) is 4.17. The van der Waals surface area contributed by atoms with E-state index in [1.807, 2.05) is 13.8 Å². The topological polar surface area (TPSA) is 49.5 Å². The molecule has 66 valence electrons. The number of hydrogen-bond donors (Lipinski definition) is 2. The molecule has 3 heteroatoms. The summed E-state index contributed by atoms with van der Waals surface area (Å²) < 4.78 is 0.